The maximum atomic E-state index is 13.2. The fourth-order valence-electron chi connectivity index (χ4n) is 4.91. The summed E-state index contributed by atoms with van der Waals surface area (Å²) < 4.78 is 1.12. The number of nitrogens with zero attached hydrogens (tertiary/aromatic N) is 4. The van der Waals surface area contributed by atoms with Crippen LogP contribution in [0.3, 0.4) is 0 Å². The molecule has 2 amide bonds. The van der Waals surface area contributed by atoms with Gasteiger partial charge in [-0.05, 0) is 63.1 Å². The van der Waals surface area contributed by atoms with Crippen LogP contribution in [-0.2, 0) is 0 Å². The normalized spacial score (nSPS) is 18.9. The number of nitrogens with one attached hydrogen (secondary N) is 2. The van der Waals surface area contributed by atoms with Gasteiger partial charge in [-0.15, -0.1) is 11.3 Å². The Morgan fingerprint density at radius 2 is 2.11 bits per heavy atom. The zero-order chi connectivity index (χ0) is 24.6. The van der Waals surface area contributed by atoms with Crippen LogP contribution in [0.15, 0.2) is 42.7 Å². The highest BCUT2D eigenvalue weighted by molar-refractivity contribution is 7.20. The van der Waals surface area contributed by atoms with Crippen LogP contribution >= 0.6 is 22.9 Å². The molecule has 3 aromatic rings. The first-order chi connectivity index (χ1) is 16.8. The lowest BCUT2D eigenvalue weighted by atomic mass is 9.99. The second kappa shape index (κ2) is 9.76. The van der Waals surface area contributed by atoms with E-state index in [1.807, 2.05) is 36.1 Å². The Bertz CT molecular complexity index is 1270. The molecule has 7 nitrogen and oxygen atoms in total. The summed E-state index contributed by atoms with van der Waals surface area (Å²) >= 11 is 7.91. The zero-order valence-electron chi connectivity index (χ0n) is 20.3. The second-order valence-electron chi connectivity index (χ2n) is 9.82. The van der Waals surface area contributed by atoms with E-state index in [1.165, 1.54) is 10.5 Å². The van der Waals surface area contributed by atoms with Crippen LogP contribution < -0.4 is 15.5 Å². The molecular weight excluding hydrogens is 480 g/mol. The number of piperazine rings is 1. The van der Waals surface area contributed by atoms with E-state index in [2.05, 4.69) is 51.5 Å². The molecule has 2 aliphatic rings. The SMILES string of the molecule is CC(NC(=O)N1CCN(c2ncnc3cc(C4=CCNCC4)sc23)CC1(C)C)c1cccc(Cl)c1. The lowest BCUT2D eigenvalue weighted by Crippen LogP contribution is -2.63. The average Bonchev–Trinajstić information content (AvgIpc) is 3.28. The molecule has 35 heavy (non-hydrogen) atoms. The maximum absolute atomic E-state index is 13.2. The smallest absolute Gasteiger partial charge is 0.318 e. The maximum Gasteiger partial charge on any atom is 0.318 e. The number of fused-ring (bicyclic) bond motifs is 1. The average molecular weight is 511 g/mol. The highest BCUT2D eigenvalue weighted by Crippen LogP contribution is 2.37. The Labute approximate surface area is 215 Å². The molecule has 2 aromatic heterocycles. The predicted octanol–water partition coefficient (Wildman–Crippen LogP) is 5.09. The van der Waals surface area contributed by atoms with Gasteiger partial charge in [-0.25, -0.2) is 14.8 Å². The largest absolute Gasteiger partial charge is 0.351 e. The fraction of sp³-hybridized carbons (Fsp3) is 0.423. The van der Waals surface area contributed by atoms with Gasteiger partial charge in [0.2, 0.25) is 0 Å². The lowest BCUT2D eigenvalue weighted by molar-refractivity contribution is 0.121. The van der Waals surface area contributed by atoms with Gasteiger partial charge >= 0.3 is 6.03 Å². The van der Waals surface area contributed by atoms with Crippen LogP contribution in [0.5, 0.6) is 0 Å². The van der Waals surface area contributed by atoms with Gasteiger partial charge < -0.3 is 20.4 Å². The molecule has 0 aliphatic carbocycles. The molecule has 2 aliphatic heterocycles. The minimum absolute atomic E-state index is 0.0637. The van der Waals surface area contributed by atoms with Crippen molar-refractivity contribution in [3.8, 4) is 0 Å². The first kappa shape index (κ1) is 24.0. The third-order valence-electron chi connectivity index (χ3n) is 6.81. The Morgan fingerprint density at radius 3 is 2.86 bits per heavy atom. The molecule has 0 bridgehead atoms. The minimum Gasteiger partial charge on any atom is -0.351 e. The first-order valence-electron chi connectivity index (χ1n) is 12.0. The topological polar surface area (TPSA) is 73.4 Å². The van der Waals surface area contributed by atoms with Crippen LogP contribution in [0.25, 0.3) is 15.8 Å². The highest BCUT2D eigenvalue weighted by atomic mass is 35.5. The number of halogens is 1. The molecule has 1 unspecified atom stereocenters. The number of urea groups is 1. The number of carbonyl (C=O) groups is 1. The van der Waals surface area contributed by atoms with Gasteiger partial charge in [0.25, 0.3) is 0 Å². The van der Waals surface area contributed by atoms with Crippen molar-refractivity contribution < 1.29 is 4.79 Å². The van der Waals surface area contributed by atoms with Crippen molar-refractivity contribution >= 4 is 50.6 Å². The van der Waals surface area contributed by atoms with E-state index in [4.69, 9.17) is 11.6 Å². The molecule has 4 heterocycles. The number of benzene rings is 1. The molecule has 184 valence electrons. The second-order valence-corrected chi connectivity index (χ2v) is 11.3. The third-order valence-corrected chi connectivity index (χ3v) is 8.24. The van der Waals surface area contributed by atoms with Crippen LogP contribution in [0.2, 0.25) is 5.02 Å². The van der Waals surface area contributed by atoms with Gasteiger partial charge in [0.15, 0.2) is 0 Å². The van der Waals surface area contributed by atoms with Gasteiger partial charge in [-0.3, -0.25) is 0 Å². The van der Waals surface area contributed by atoms with E-state index in [1.54, 1.807) is 17.7 Å². The molecule has 1 saturated heterocycles. The fourth-order valence-corrected chi connectivity index (χ4v) is 6.30. The molecule has 9 heteroatoms. The quantitative estimate of drug-likeness (QED) is 0.511. The van der Waals surface area contributed by atoms with E-state index in [0.29, 0.717) is 24.7 Å². The molecule has 1 fully saturated rings. The Morgan fingerprint density at radius 1 is 1.26 bits per heavy atom. The summed E-state index contributed by atoms with van der Waals surface area (Å²) in [5.74, 6) is 0.959. The van der Waals surface area contributed by atoms with E-state index in [0.717, 1.165) is 41.1 Å². The lowest BCUT2D eigenvalue weighted by Gasteiger charge is -2.47. The summed E-state index contributed by atoms with van der Waals surface area (Å²) in [6.45, 7) is 10.1. The summed E-state index contributed by atoms with van der Waals surface area (Å²) in [4.78, 5) is 28.0. The highest BCUT2D eigenvalue weighted by Gasteiger charge is 2.38. The first-order valence-corrected chi connectivity index (χ1v) is 13.2. The zero-order valence-corrected chi connectivity index (χ0v) is 21.9. The van der Waals surface area contributed by atoms with Crippen LogP contribution in [0.1, 0.15) is 43.7 Å². The van der Waals surface area contributed by atoms with Crippen molar-refractivity contribution in [3.63, 3.8) is 0 Å². The van der Waals surface area contributed by atoms with Crippen LogP contribution in [-0.4, -0.2) is 59.2 Å². The number of aromatic nitrogens is 2. The summed E-state index contributed by atoms with van der Waals surface area (Å²) in [5.41, 5.74) is 2.99. The summed E-state index contributed by atoms with van der Waals surface area (Å²) in [5, 5.41) is 7.19. The summed E-state index contributed by atoms with van der Waals surface area (Å²) in [6.07, 6.45) is 4.96. The number of anilines is 1. The van der Waals surface area contributed by atoms with Gasteiger partial charge in [0, 0.05) is 36.1 Å². The van der Waals surface area contributed by atoms with Crippen molar-refractivity contribution in [3.05, 3.63) is 58.2 Å². The summed E-state index contributed by atoms with van der Waals surface area (Å²) in [6, 6.07) is 9.61. The molecule has 0 saturated carbocycles. The van der Waals surface area contributed by atoms with E-state index in [-0.39, 0.29) is 17.6 Å². The van der Waals surface area contributed by atoms with Gasteiger partial charge in [-0.2, -0.15) is 0 Å². The molecule has 5 rings (SSSR count). The van der Waals surface area contributed by atoms with Crippen molar-refractivity contribution in [1.29, 1.82) is 0 Å². The number of carbonyl (C=O) groups excluding carboxylic acids is 1. The molecular formula is C26H31ClN6OS. The monoisotopic (exact) mass is 510 g/mol. The third kappa shape index (κ3) is 5.01. The van der Waals surface area contributed by atoms with Crippen molar-refractivity contribution in [2.24, 2.45) is 0 Å². The minimum atomic E-state index is -0.370. The molecule has 0 spiro atoms. The Hall–Kier alpha value is -2.68. The molecule has 1 atom stereocenters. The molecule has 0 radical (unpaired) electrons. The van der Waals surface area contributed by atoms with E-state index >= 15 is 0 Å². The van der Waals surface area contributed by atoms with Crippen LogP contribution in [0.4, 0.5) is 10.6 Å². The number of rotatable bonds is 4. The molecule has 2 N–H and O–H groups in total. The van der Waals surface area contributed by atoms with E-state index in [9.17, 15) is 4.79 Å². The number of amides is 2. The Kier molecular flexibility index (Phi) is 6.70. The molecule has 1 aromatic carbocycles. The van der Waals surface area contributed by atoms with E-state index < -0.39 is 0 Å². The van der Waals surface area contributed by atoms with Crippen molar-refractivity contribution in [2.45, 2.75) is 38.8 Å². The number of hydrogen-bond acceptors (Lipinski definition) is 6. The van der Waals surface area contributed by atoms with Gasteiger partial charge in [0.05, 0.1) is 21.8 Å². The van der Waals surface area contributed by atoms with Gasteiger partial charge in [0.1, 0.15) is 12.1 Å². The van der Waals surface area contributed by atoms with Gasteiger partial charge in [-0.1, -0.05) is 29.8 Å². The van der Waals surface area contributed by atoms with Crippen molar-refractivity contribution in [1.82, 2.24) is 25.5 Å². The number of hydrogen-bond donors (Lipinski definition) is 2. The van der Waals surface area contributed by atoms with Crippen molar-refractivity contribution in [2.75, 3.05) is 37.6 Å². The summed E-state index contributed by atoms with van der Waals surface area (Å²) in [7, 11) is 0. The standard InChI is InChI=1S/C26H31ClN6OS/c1-17(19-5-4-6-20(27)13-19)31-25(34)33-12-11-32(15-26(33,2)3)24-23-21(29-16-30-24)14-22(35-23)18-7-9-28-10-8-18/h4-7,13-14,16-17,28H,8-12,15H2,1-3H3,(H,31,34). The predicted molar refractivity (Wildman–Crippen MR) is 144 cm³/mol. The number of thiophene rings is 1. The van der Waals surface area contributed by atoms with Crippen LogP contribution in [0, 0.1) is 0 Å². The Balaban J connectivity index is 1.32.